The van der Waals surface area contributed by atoms with Crippen LogP contribution in [0.2, 0.25) is 0 Å². The number of carboxylic acid groups (broad SMARTS) is 1. The SMILES string of the molecule is CC1(C)S[C@@H]2[C@H](NC(=O)C(C(=O)Oc3ccc4c(c3)CCC4)c3ccccc3)C(=O)N2[C@H]1C(=O)O.[NaH].[NaH]. The van der Waals surface area contributed by atoms with Crippen LogP contribution in [-0.2, 0) is 32.0 Å². The molecule has 2 aromatic rings. The van der Waals surface area contributed by atoms with Gasteiger partial charge >= 0.3 is 71.1 Å². The summed E-state index contributed by atoms with van der Waals surface area (Å²) >= 11 is 1.33. The molecule has 0 aromatic heterocycles. The molecule has 2 saturated heterocycles. The fraction of sp³-hybridized carbons (Fsp3) is 0.385. The van der Waals surface area contributed by atoms with E-state index in [2.05, 4.69) is 5.32 Å². The minimum absolute atomic E-state index is 0. The zero-order chi connectivity index (χ0) is 24.9. The molecule has 0 spiro atoms. The first kappa shape index (κ1) is 30.2. The van der Waals surface area contributed by atoms with Crippen LogP contribution >= 0.6 is 11.8 Å². The van der Waals surface area contributed by atoms with Crippen molar-refractivity contribution in [2.75, 3.05) is 0 Å². The van der Waals surface area contributed by atoms with Crippen LogP contribution in [0.25, 0.3) is 0 Å². The Morgan fingerprint density at radius 1 is 1.08 bits per heavy atom. The van der Waals surface area contributed by atoms with Gasteiger partial charge in [-0.25, -0.2) is 4.79 Å². The number of carboxylic acids is 1. The van der Waals surface area contributed by atoms with Crippen molar-refractivity contribution in [1.82, 2.24) is 10.2 Å². The predicted octanol–water partition coefficient (Wildman–Crippen LogP) is 1.20. The van der Waals surface area contributed by atoms with Crippen LogP contribution in [0.4, 0.5) is 0 Å². The summed E-state index contributed by atoms with van der Waals surface area (Å²) in [7, 11) is 0. The van der Waals surface area contributed by atoms with Crippen LogP contribution < -0.4 is 10.1 Å². The molecular weight excluding hydrogens is 514 g/mol. The number of nitrogens with one attached hydrogen (secondary N) is 1. The predicted molar refractivity (Wildman–Crippen MR) is 143 cm³/mol. The molecule has 3 aliphatic rings. The van der Waals surface area contributed by atoms with Crippen molar-refractivity contribution in [3.8, 4) is 5.75 Å². The molecule has 11 heteroatoms. The molecule has 37 heavy (non-hydrogen) atoms. The van der Waals surface area contributed by atoms with Gasteiger partial charge in [0.1, 0.15) is 23.2 Å². The summed E-state index contributed by atoms with van der Waals surface area (Å²) in [5.74, 6) is -3.83. The number of amides is 2. The van der Waals surface area contributed by atoms with E-state index in [9.17, 15) is 24.3 Å². The fourth-order valence-corrected chi connectivity index (χ4v) is 6.83. The Balaban J connectivity index is 0.00000190. The number of aryl methyl sites for hydroxylation is 2. The molecule has 2 fully saturated rings. The number of carbonyl (C=O) groups is 4. The first-order valence-corrected chi connectivity index (χ1v) is 12.5. The van der Waals surface area contributed by atoms with Crippen LogP contribution in [0.15, 0.2) is 48.5 Å². The van der Waals surface area contributed by atoms with Gasteiger partial charge < -0.3 is 20.1 Å². The molecular formula is C26H28N2Na2O6S. The second-order valence-electron chi connectivity index (χ2n) is 9.63. The number of hydrogen-bond donors (Lipinski definition) is 2. The summed E-state index contributed by atoms with van der Waals surface area (Å²) in [5, 5.41) is 11.8. The molecule has 2 aliphatic heterocycles. The average Bonchev–Trinajstić information content (AvgIpc) is 3.38. The minimum atomic E-state index is -1.28. The van der Waals surface area contributed by atoms with E-state index in [1.807, 2.05) is 12.1 Å². The standard InChI is InChI=1S/C26H26N2O6S.2Na.2H/c1-26(2)20(24(31)32)28-22(30)19(23(28)35-26)27-21(29)18(15-7-4-3-5-8-15)25(33)34-17-12-11-14-9-6-10-16(14)13-17;;;;/h3-5,7-8,11-13,18-20,23H,6,9-10H2,1-2H3,(H,27,29)(H,31,32);;;;/t18?,19-,20+,23-;;;;/m1..../s1. The maximum absolute atomic E-state index is 13.4. The molecule has 8 nitrogen and oxygen atoms in total. The normalized spacial score (nSPS) is 23.4. The number of β-lactam (4-membered cyclic amide) rings is 1. The molecule has 0 saturated carbocycles. The fourth-order valence-electron chi connectivity index (χ4n) is 5.21. The van der Waals surface area contributed by atoms with Gasteiger partial charge in [-0.3, -0.25) is 14.4 Å². The van der Waals surface area contributed by atoms with Crippen LogP contribution in [0.1, 0.15) is 42.9 Å². The van der Waals surface area contributed by atoms with Crippen LogP contribution in [0.5, 0.6) is 5.75 Å². The third-order valence-electron chi connectivity index (χ3n) is 6.89. The molecule has 4 atom stereocenters. The number of nitrogens with zero attached hydrogens (tertiary/aromatic N) is 1. The Morgan fingerprint density at radius 3 is 2.43 bits per heavy atom. The zero-order valence-corrected chi connectivity index (χ0v) is 20.2. The molecule has 0 bridgehead atoms. The first-order valence-electron chi connectivity index (χ1n) is 11.6. The average molecular weight is 543 g/mol. The topological polar surface area (TPSA) is 113 Å². The summed E-state index contributed by atoms with van der Waals surface area (Å²) in [5.41, 5.74) is 2.83. The summed E-state index contributed by atoms with van der Waals surface area (Å²) in [6.45, 7) is 3.53. The van der Waals surface area contributed by atoms with Gasteiger partial charge in [0.15, 0.2) is 5.92 Å². The summed E-state index contributed by atoms with van der Waals surface area (Å²) in [6, 6.07) is 12.2. The molecule has 0 radical (unpaired) electrons. The van der Waals surface area contributed by atoms with Gasteiger partial charge in [-0.1, -0.05) is 36.4 Å². The monoisotopic (exact) mass is 542 g/mol. The molecule has 2 N–H and O–H groups in total. The van der Waals surface area contributed by atoms with E-state index in [1.165, 1.54) is 22.2 Å². The van der Waals surface area contributed by atoms with E-state index in [0.717, 1.165) is 24.8 Å². The third-order valence-corrected chi connectivity index (χ3v) is 8.46. The summed E-state index contributed by atoms with van der Waals surface area (Å²) in [4.78, 5) is 52.5. The summed E-state index contributed by atoms with van der Waals surface area (Å²) in [6.07, 6.45) is 2.99. The summed E-state index contributed by atoms with van der Waals surface area (Å²) < 4.78 is 4.92. The molecule has 1 aliphatic carbocycles. The van der Waals surface area contributed by atoms with Gasteiger partial charge in [-0.05, 0) is 61.9 Å². The number of rotatable bonds is 6. The van der Waals surface area contributed by atoms with Gasteiger partial charge in [-0.15, -0.1) is 11.8 Å². The van der Waals surface area contributed by atoms with Gasteiger partial charge in [0, 0.05) is 4.75 Å². The van der Waals surface area contributed by atoms with E-state index >= 15 is 0 Å². The zero-order valence-electron chi connectivity index (χ0n) is 19.4. The van der Waals surface area contributed by atoms with E-state index < -0.39 is 51.9 Å². The maximum atomic E-state index is 13.4. The number of carbonyl (C=O) groups excluding carboxylic acids is 3. The Bertz CT molecular complexity index is 1220. The second-order valence-corrected chi connectivity index (χ2v) is 11.4. The van der Waals surface area contributed by atoms with Crippen molar-refractivity contribution in [2.24, 2.45) is 0 Å². The number of fused-ring (bicyclic) bond motifs is 2. The van der Waals surface area contributed by atoms with Gasteiger partial charge in [-0.2, -0.15) is 0 Å². The number of ether oxygens (including phenoxy) is 1. The second kappa shape index (κ2) is 11.8. The Kier molecular flexibility index (Phi) is 9.65. The van der Waals surface area contributed by atoms with E-state index in [1.54, 1.807) is 50.2 Å². The van der Waals surface area contributed by atoms with Gasteiger partial charge in [0.05, 0.1) is 0 Å². The third kappa shape index (κ3) is 5.69. The Morgan fingerprint density at radius 2 is 1.76 bits per heavy atom. The van der Waals surface area contributed by atoms with Crippen LogP contribution in [-0.4, -0.2) is 115 Å². The van der Waals surface area contributed by atoms with Crippen LogP contribution in [0, 0.1) is 0 Å². The number of benzene rings is 2. The molecule has 186 valence electrons. The van der Waals surface area contributed by atoms with E-state index in [4.69, 9.17) is 4.74 Å². The quantitative estimate of drug-likeness (QED) is 0.186. The Labute approximate surface area is 263 Å². The van der Waals surface area contributed by atoms with Crippen molar-refractivity contribution >= 4 is 94.6 Å². The van der Waals surface area contributed by atoms with Crippen molar-refractivity contribution in [3.63, 3.8) is 0 Å². The number of esters is 1. The molecule has 2 amide bonds. The van der Waals surface area contributed by atoms with Crippen molar-refractivity contribution in [2.45, 2.75) is 61.2 Å². The molecule has 5 rings (SSSR count). The van der Waals surface area contributed by atoms with Crippen molar-refractivity contribution < 1.29 is 29.0 Å². The van der Waals surface area contributed by atoms with Crippen molar-refractivity contribution in [1.29, 1.82) is 0 Å². The van der Waals surface area contributed by atoms with E-state index in [0.29, 0.717) is 11.3 Å². The van der Waals surface area contributed by atoms with Crippen molar-refractivity contribution in [3.05, 3.63) is 65.2 Å². The molecule has 2 aromatic carbocycles. The van der Waals surface area contributed by atoms with E-state index in [-0.39, 0.29) is 59.1 Å². The van der Waals surface area contributed by atoms with Gasteiger partial charge in [0.25, 0.3) is 0 Å². The number of aliphatic carboxylic acids is 1. The first-order chi connectivity index (χ1) is 16.7. The number of hydrogen-bond acceptors (Lipinski definition) is 6. The van der Waals surface area contributed by atoms with Gasteiger partial charge in [0.2, 0.25) is 11.8 Å². The molecule has 1 unspecified atom stereocenters. The number of thioether (sulfide) groups is 1. The Hall–Kier alpha value is -1.33. The van der Waals surface area contributed by atoms with Crippen LogP contribution in [0.3, 0.4) is 0 Å². The molecule has 2 heterocycles.